The van der Waals surface area contributed by atoms with E-state index in [1.54, 1.807) is 6.20 Å². The van der Waals surface area contributed by atoms with Gasteiger partial charge < -0.3 is 4.74 Å². The number of rotatable bonds is 4. The van der Waals surface area contributed by atoms with Crippen molar-refractivity contribution in [3.05, 3.63) is 11.6 Å². The molecule has 2 heterocycles. The van der Waals surface area contributed by atoms with Gasteiger partial charge in [0.25, 0.3) is 0 Å². The van der Waals surface area contributed by atoms with Gasteiger partial charge in [0.15, 0.2) is 0 Å². The van der Waals surface area contributed by atoms with E-state index in [0.717, 1.165) is 18.9 Å². The molecule has 0 radical (unpaired) electrons. The highest BCUT2D eigenvalue weighted by Gasteiger charge is 2.09. The lowest BCUT2D eigenvalue weighted by Crippen LogP contribution is -2.33. The fraction of sp³-hybridized carbons (Fsp3) is 0.700. The highest BCUT2D eigenvalue weighted by Crippen LogP contribution is 2.12. The van der Waals surface area contributed by atoms with Gasteiger partial charge in [0.1, 0.15) is 12.4 Å². The van der Waals surface area contributed by atoms with Crippen LogP contribution in [0.1, 0.15) is 19.3 Å². The summed E-state index contributed by atoms with van der Waals surface area (Å²) in [6, 6.07) is 0. The van der Waals surface area contributed by atoms with E-state index >= 15 is 0 Å². The molecule has 1 fully saturated rings. The number of piperidine rings is 1. The van der Waals surface area contributed by atoms with Crippen molar-refractivity contribution in [3.8, 4) is 5.75 Å². The largest absolute Gasteiger partial charge is 0.490 e. The van der Waals surface area contributed by atoms with Crippen LogP contribution in [0.4, 0.5) is 0 Å². The van der Waals surface area contributed by atoms with Crippen LogP contribution in [0.25, 0.3) is 0 Å². The first kappa shape index (κ1) is 9.93. The lowest BCUT2D eigenvalue weighted by atomic mass is 10.1. The van der Waals surface area contributed by atoms with Gasteiger partial charge in [-0.1, -0.05) is 6.42 Å². The topological polar surface area (TPSA) is 25.4 Å². The maximum absolute atomic E-state index is 5.55. The summed E-state index contributed by atoms with van der Waals surface area (Å²) < 4.78 is 9.55. The molecule has 1 aliphatic heterocycles. The number of likely N-dealkylation sites (tertiary alicyclic amines) is 1. The predicted molar refractivity (Wildman–Crippen MR) is 57.9 cm³/mol. The molecule has 0 bridgehead atoms. The predicted octanol–water partition coefficient (Wildman–Crippen LogP) is 2.01. The van der Waals surface area contributed by atoms with E-state index in [9.17, 15) is 0 Å². The second kappa shape index (κ2) is 5.32. The third kappa shape index (κ3) is 2.96. The van der Waals surface area contributed by atoms with Crippen molar-refractivity contribution in [1.29, 1.82) is 0 Å². The van der Waals surface area contributed by atoms with Gasteiger partial charge in [-0.2, -0.15) is 4.37 Å². The first-order valence-electron chi connectivity index (χ1n) is 5.20. The zero-order valence-corrected chi connectivity index (χ0v) is 9.13. The number of hydrogen-bond donors (Lipinski definition) is 0. The van der Waals surface area contributed by atoms with Crippen LogP contribution in [0.2, 0.25) is 0 Å². The number of aromatic nitrogens is 1. The minimum atomic E-state index is 0.790. The third-order valence-corrected chi connectivity index (χ3v) is 3.10. The molecule has 0 aliphatic carbocycles. The van der Waals surface area contributed by atoms with E-state index in [4.69, 9.17) is 4.74 Å². The lowest BCUT2D eigenvalue weighted by molar-refractivity contribution is 0.183. The van der Waals surface area contributed by atoms with Crippen LogP contribution in [0, 0.1) is 0 Å². The third-order valence-electron chi connectivity index (χ3n) is 2.53. The molecule has 78 valence electrons. The molecule has 4 heteroatoms. The molecule has 0 N–H and O–H groups in total. The SMILES string of the molecule is c1nscc1OCCN1CCCCC1. The summed E-state index contributed by atoms with van der Waals surface area (Å²) in [6.45, 7) is 4.32. The molecule has 1 aliphatic rings. The first-order valence-corrected chi connectivity index (χ1v) is 6.03. The Bertz CT molecular complexity index is 245. The summed E-state index contributed by atoms with van der Waals surface area (Å²) in [5, 5.41) is 1.94. The smallest absolute Gasteiger partial charge is 0.150 e. The van der Waals surface area contributed by atoms with Crippen LogP contribution in [-0.2, 0) is 0 Å². The Morgan fingerprint density at radius 2 is 2.21 bits per heavy atom. The maximum atomic E-state index is 5.55. The molecule has 0 atom stereocenters. The normalized spacial score (nSPS) is 18.3. The van der Waals surface area contributed by atoms with Crippen LogP contribution in [0.5, 0.6) is 5.75 Å². The maximum Gasteiger partial charge on any atom is 0.150 e. The zero-order valence-electron chi connectivity index (χ0n) is 8.32. The molecule has 0 aromatic carbocycles. The van der Waals surface area contributed by atoms with E-state index in [1.165, 1.54) is 43.9 Å². The first-order chi connectivity index (χ1) is 6.95. The Kier molecular flexibility index (Phi) is 3.77. The Labute approximate surface area is 88.9 Å². The highest BCUT2D eigenvalue weighted by atomic mass is 32.1. The van der Waals surface area contributed by atoms with Gasteiger partial charge in [0, 0.05) is 6.54 Å². The number of hydrogen-bond acceptors (Lipinski definition) is 4. The Morgan fingerprint density at radius 1 is 1.36 bits per heavy atom. The molecule has 0 unspecified atom stereocenters. The minimum absolute atomic E-state index is 0.790. The van der Waals surface area contributed by atoms with E-state index in [1.807, 2.05) is 5.38 Å². The van der Waals surface area contributed by atoms with E-state index in [-0.39, 0.29) is 0 Å². The molecular formula is C10H16N2OS. The van der Waals surface area contributed by atoms with E-state index in [0.29, 0.717) is 0 Å². The second-order valence-electron chi connectivity index (χ2n) is 3.61. The number of nitrogens with zero attached hydrogens (tertiary/aromatic N) is 2. The number of ether oxygens (including phenoxy) is 1. The van der Waals surface area contributed by atoms with Gasteiger partial charge in [-0.25, -0.2) is 0 Å². The fourth-order valence-electron chi connectivity index (χ4n) is 1.74. The van der Waals surface area contributed by atoms with Crippen molar-refractivity contribution < 1.29 is 4.74 Å². The van der Waals surface area contributed by atoms with Gasteiger partial charge in [0.2, 0.25) is 0 Å². The molecule has 0 amide bonds. The van der Waals surface area contributed by atoms with Crippen molar-refractivity contribution in [2.45, 2.75) is 19.3 Å². The van der Waals surface area contributed by atoms with Crippen molar-refractivity contribution in [2.75, 3.05) is 26.2 Å². The summed E-state index contributed by atoms with van der Waals surface area (Å²) in [5.74, 6) is 0.909. The molecule has 1 aromatic heterocycles. The fourth-order valence-corrected chi connectivity index (χ4v) is 2.20. The lowest BCUT2D eigenvalue weighted by Gasteiger charge is -2.25. The molecule has 1 aromatic rings. The Morgan fingerprint density at radius 3 is 2.93 bits per heavy atom. The molecule has 14 heavy (non-hydrogen) atoms. The van der Waals surface area contributed by atoms with Crippen LogP contribution in [0.15, 0.2) is 11.6 Å². The summed E-state index contributed by atoms with van der Waals surface area (Å²) in [5.41, 5.74) is 0. The molecule has 0 saturated carbocycles. The van der Waals surface area contributed by atoms with Gasteiger partial charge in [-0.15, -0.1) is 0 Å². The summed E-state index contributed by atoms with van der Waals surface area (Å²) in [4.78, 5) is 2.48. The molecule has 2 rings (SSSR count). The van der Waals surface area contributed by atoms with Gasteiger partial charge in [-0.05, 0) is 37.5 Å². The highest BCUT2D eigenvalue weighted by molar-refractivity contribution is 7.03. The molecule has 0 spiro atoms. The minimum Gasteiger partial charge on any atom is -0.490 e. The van der Waals surface area contributed by atoms with Crippen LogP contribution in [0.3, 0.4) is 0 Å². The summed E-state index contributed by atoms with van der Waals surface area (Å²) >= 11 is 1.44. The van der Waals surface area contributed by atoms with Crippen LogP contribution >= 0.6 is 11.5 Å². The van der Waals surface area contributed by atoms with Crippen LogP contribution < -0.4 is 4.74 Å². The average molecular weight is 212 g/mol. The molecule has 1 saturated heterocycles. The quantitative estimate of drug-likeness (QED) is 0.763. The molecular weight excluding hydrogens is 196 g/mol. The zero-order chi connectivity index (χ0) is 9.64. The summed E-state index contributed by atoms with van der Waals surface area (Å²) in [6.07, 6.45) is 5.87. The standard InChI is InChI=1S/C10H16N2OS/c1-2-4-12(5-3-1)6-7-13-10-8-11-14-9-10/h8-9H,1-7H2. The van der Waals surface area contributed by atoms with Crippen molar-refractivity contribution in [3.63, 3.8) is 0 Å². The Balaban J connectivity index is 1.62. The Hall–Kier alpha value is -0.610. The second-order valence-corrected chi connectivity index (χ2v) is 4.27. The van der Waals surface area contributed by atoms with Gasteiger partial charge in [-0.3, -0.25) is 4.90 Å². The molecule has 3 nitrogen and oxygen atoms in total. The van der Waals surface area contributed by atoms with Gasteiger partial charge in [0.05, 0.1) is 11.6 Å². The van der Waals surface area contributed by atoms with E-state index in [2.05, 4.69) is 9.27 Å². The summed E-state index contributed by atoms with van der Waals surface area (Å²) in [7, 11) is 0. The van der Waals surface area contributed by atoms with Gasteiger partial charge >= 0.3 is 0 Å². The van der Waals surface area contributed by atoms with Crippen molar-refractivity contribution in [1.82, 2.24) is 9.27 Å². The average Bonchev–Trinajstić information content (AvgIpc) is 2.72. The van der Waals surface area contributed by atoms with Crippen molar-refractivity contribution in [2.24, 2.45) is 0 Å². The van der Waals surface area contributed by atoms with Crippen LogP contribution in [-0.4, -0.2) is 35.5 Å². The van der Waals surface area contributed by atoms with E-state index < -0.39 is 0 Å². The van der Waals surface area contributed by atoms with Crippen molar-refractivity contribution >= 4 is 11.5 Å². The monoisotopic (exact) mass is 212 g/mol.